The lowest BCUT2D eigenvalue weighted by Crippen LogP contribution is -2.20. The highest BCUT2D eigenvalue weighted by Crippen LogP contribution is 2.37. The van der Waals surface area contributed by atoms with Gasteiger partial charge in [0.15, 0.2) is 0 Å². The van der Waals surface area contributed by atoms with Gasteiger partial charge in [-0.1, -0.05) is 20.3 Å². The van der Waals surface area contributed by atoms with Gasteiger partial charge in [0.05, 0.1) is 6.10 Å². The molecule has 0 aromatic rings. The molecule has 1 saturated carbocycles. The maximum Gasteiger partial charge on any atom is 0.125 e. The zero-order valence-electron chi connectivity index (χ0n) is 7.16. The summed E-state index contributed by atoms with van der Waals surface area (Å²) in [5.74, 6) is 0.808. The van der Waals surface area contributed by atoms with Gasteiger partial charge < -0.3 is 9.90 Å². The van der Waals surface area contributed by atoms with Gasteiger partial charge in [-0.15, -0.1) is 0 Å². The van der Waals surface area contributed by atoms with Gasteiger partial charge >= 0.3 is 0 Å². The van der Waals surface area contributed by atoms with Crippen molar-refractivity contribution >= 4 is 6.29 Å². The maximum absolute atomic E-state index is 10.6. The van der Waals surface area contributed by atoms with Crippen molar-refractivity contribution in [3.8, 4) is 0 Å². The van der Waals surface area contributed by atoms with Crippen molar-refractivity contribution in [2.45, 2.75) is 32.8 Å². The Labute approximate surface area is 67.6 Å². The predicted octanol–water partition coefficient (Wildman–Crippen LogP) is 1.23. The van der Waals surface area contributed by atoms with E-state index in [0.29, 0.717) is 11.8 Å². The van der Waals surface area contributed by atoms with Crippen LogP contribution >= 0.6 is 0 Å². The van der Waals surface area contributed by atoms with Crippen molar-refractivity contribution in [3.63, 3.8) is 0 Å². The fourth-order valence-electron chi connectivity index (χ4n) is 2.24. The molecule has 1 unspecified atom stereocenters. The Morgan fingerprint density at radius 2 is 2.27 bits per heavy atom. The van der Waals surface area contributed by atoms with Crippen molar-refractivity contribution in [2.24, 2.45) is 17.8 Å². The molecular formula is C9H16O2. The molecule has 2 heteroatoms. The van der Waals surface area contributed by atoms with E-state index in [2.05, 4.69) is 13.8 Å². The summed E-state index contributed by atoms with van der Waals surface area (Å²) in [6.07, 6.45) is 2.33. The first-order valence-electron chi connectivity index (χ1n) is 4.34. The Morgan fingerprint density at radius 1 is 1.64 bits per heavy atom. The molecular weight excluding hydrogens is 140 g/mol. The smallest absolute Gasteiger partial charge is 0.125 e. The van der Waals surface area contributed by atoms with Crippen LogP contribution in [0.1, 0.15) is 26.7 Å². The molecule has 1 fully saturated rings. The van der Waals surface area contributed by atoms with Crippen molar-refractivity contribution < 1.29 is 9.90 Å². The molecule has 0 radical (unpaired) electrons. The number of hydrogen-bond acceptors (Lipinski definition) is 2. The monoisotopic (exact) mass is 156 g/mol. The molecule has 1 rings (SSSR count). The maximum atomic E-state index is 10.6. The van der Waals surface area contributed by atoms with Gasteiger partial charge in [-0.25, -0.2) is 0 Å². The highest BCUT2D eigenvalue weighted by atomic mass is 16.3. The average molecular weight is 156 g/mol. The van der Waals surface area contributed by atoms with Gasteiger partial charge in [-0.2, -0.15) is 0 Å². The van der Waals surface area contributed by atoms with E-state index in [9.17, 15) is 9.90 Å². The first-order chi connectivity index (χ1) is 5.20. The molecule has 0 spiro atoms. The van der Waals surface area contributed by atoms with Crippen molar-refractivity contribution in [3.05, 3.63) is 0 Å². The van der Waals surface area contributed by atoms with E-state index in [4.69, 9.17) is 0 Å². The van der Waals surface area contributed by atoms with E-state index in [1.54, 1.807) is 0 Å². The lowest BCUT2D eigenvalue weighted by atomic mass is 9.89. The molecule has 1 aliphatic carbocycles. The Balaban J connectivity index is 2.66. The Morgan fingerprint density at radius 3 is 2.64 bits per heavy atom. The molecule has 0 aromatic heterocycles. The molecule has 0 aromatic carbocycles. The molecule has 1 N–H and O–H groups in total. The summed E-state index contributed by atoms with van der Waals surface area (Å²) < 4.78 is 0. The van der Waals surface area contributed by atoms with E-state index in [1.165, 1.54) is 0 Å². The molecule has 64 valence electrons. The highest BCUT2D eigenvalue weighted by Gasteiger charge is 2.38. The van der Waals surface area contributed by atoms with Gasteiger partial charge in [0.25, 0.3) is 0 Å². The first-order valence-corrected chi connectivity index (χ1v) is 4.34. The van der Waals surface area contributed by atoms with Crippen LogP contribution in [0.2, 0.25) is 0 Å². The minimum Gasteiger partial charge on any atom is -0.392 e. The Hall–Kier alpha value is -0.370. The van der Waals surface area contributed by atoms with E-state index in [0.717, 1.165) is 19.1 Å². The van der Waals surface area contributed by atoms with Crippen LogP contribution in [0.5, 0.6) is 0 Å². The third-order valence-corrected chi connectivity index (χ3v) is 2.91. The Kier molecular flexibility index (Phi) is 2.66. The molecule has 0 aliphatic heterocycles. The summed E-state index contributed by atoms with van der Waals surface area (Å²) in [5, 5.41) is 9.43. The standard InChI is InChI=1S/C9H16O2/c1-3-7-6(2)4-9(11)8(7)5-10/h5-9,11H,3-4H2,1-2H3/t6-,7+,8?,9+/m0/s1. The molecule has 0 amide bonds. The van der Waals surface area contributed by atoms with E-state index >= 15 is 0 Å². The number of carbonyl (C=O) groups is 1. The fraction of sp³-hybridized carbons (Fsp3) is 0.889. The quantitative estimate of drug-likeness (QED) is 0.610. The van der Waals surface area contributed by atoms with Gasteiger partial charge in [0.1, 0.15) is 6.29 Å². The number of aliphatic hydroxyl groups excluding tert-OH is 1. The zero-order valence-corrected chi connectivity index (χ0v) is 7.16. The average Bonchev–Trinajstić information content (AvgIpc) is 2.24. The predicted molar refractivity (Wildman–Crippen MR) is 43.1 cm³/mol. The SMILES string of the molecule is CC[C@H]1C(C=O)[C@H](O)C[C@@H]1C. The summed E-state index contributed by atoms with van der Waals surface area (Å²) >= 11 is 0. The largest absolute Gasteiger partial charge is 0.392 e. The molecule has 1 aliphatic rings. The summed E-state index contributed by atoms with van der Waals surface area (Å²) in [6, 6.07) is 0. The third kappa shape index (κ3) is 1.45. The number of aliphatic hydroxyl groups is 1. The Bertz CT molecular complexity index is 144. The third-order valence-electron chi connectivity index (χ3n) is 2.91. The summed E-state index contributed by atoms with van der Waals surface area (Å²) in [7, 11) is 0. The molecule has 0 saturated heterocycles. The summed E-state index contributed by atoms with van der Waals surface area (Å²) in [4.78, 5) is 10.6. The summed E-state index contributed by atoms with van der Waals surface area (Å²) in [6.45, 7) is 4.19. The van der Waals surface area contributed by atoms with Gasteiger partial charge in [0.2, 0.25) is 0 Å². The topological polar surface area (TPSA) is 37.3 Å². The van der Waals surface area contributed by atoms with Crippen LogP contribution in [0.4, 0.5) is 0 Å². The minimum atomic E-state index is -0.382. The molecule has 4 atom stereocenters. The van der Waals surface area contributed by atoms with E-state index in [1.807, 2.05) is 0 Å². The normalized spacial score (nSPS) is 44.3. The van der Waals surface area contributed by atoms with Crippen LogP contribution in [0.25, 0.3) is 0 Å². The fourth-order valence-corrected chi connectivity index (χ4v) is 2.24. The second kappa shape index (κ2) is 3.35. The van der Waals surface area contributed by atoms with Crippen LogP contribution < -0.4 is 0 Å². The van der Waals surface area contributed by atoms with Crippen LogP contribution in [-0.2, 0) is 4.79 Å². The van der Waals surface area contributed by atoms with E-state index in [-0.39, 0.29) is 12.0 Å². The minimum absolute atomic E-state index is 0.102. The van der Waals surface area contributed by atoms with Gasteiger partial charge in [0, 0.05) is 5.92 Å². The van der Waals surface area contributed by atoms with E-state index < -0.39 is 0 Å². The zero-order chi connectivity index (χ0) is 8.43. The number of rotatable bonds is 2. The number of aldehydes is 1. The van der Waals surface area contributed by atoms with Crippen LogP contribution in [0.3, 0.4) is 0 Å². The van der Waals surface area contributed by atoms with Crippen molar-refractivity contribution in [1.82, 2.24) is 0 Å². The molecule has 0 heterocycles. The number of carbonyl (C=O) groups excluding carboxylic acids is 1. The molecule has 2 nitrogen and oxygen atoms in total. The summed E-state index contributed by atoms with van der Waals surface area (Å²) in [5.41, 5.74) is 0. The lowest BCUT2D eigenvalue weighted by molar-refractivity contribution is -0.114. The number of hydrogen-bond donors (Lipinski definition) is 1. The second-order valence-electron chi connectivity index (χ2n) is 3.57. The highest BCUT2D eigenvalue weighted by molar-refractivity contribution is 5.55. The first kappa shape index (κ1) is 8.72. The van der Waals surface area contributed by atoms with Crippen LogP contribution in [0.15, 0.2) is 0 Å². The van der Waals surface area contributed by atoms with Crippen molar-refractivity contribution in [1.29, 1.82) is 0 Å². The second-order valence-corrected chi connectivity index (χ2v) is 3.57. The van der Waals surface area contributed by atoms with Gasteiger partial charge in [-0.05, 0) is 18.3 Å². The van der Waals surface area contributed by atoms with Crippen molar-refractivity contribution in [2.75, 3.05) is 0 Å². The van der Waals surface area contributed by atoms with Crippen LogP contribution in [-0.4, -0.2) is 17.5 Å². The molecule has 11 heavy (non-hydrogen) atoms. The molecule has 0 bridgehead atoms. The van der Waals surface area contributed by atoms with Gasteiger partial charge in [-0.3, -0.25) is 0 Å². The van der Waals surface area contributed by atoms with Crippen LogP contribution in [0, 0.1) is 17.8 Å². The lowest BCUT2D eigenvalue weighted by Gasteiger charge is -2.16.